The third-order valence-corrected chi connectivity index (χ3v) is 3.38. The molecule has 1 aromatic carbocycles. The molecule has 0 fully saturated rings. The van der Waals surface area contributed by atoms with Gasteiger partial charge in [0.15, 0.2) is 0 Å². The van der Waals surface area contributed by atoms with Crippen LogP contribution in [0.5, 0.6) is 0 Å². The molecule has 0 aliphatic heterocycles. The zero-order chi connectivity index (χ0) is 15.1. The number of carboxylic acids is 1. The Balaban J connectivity index is 2.69. The molecule has 0 radical (unpaired) electrons. The van der Waals surface area contributed by atoms with Crippen LogP contribution >= 0.6 is 11.8 Å². The number of benzene rings is 1. The van der Waals surface area contributed by atoms with Gasteiger partial charge in [-0.2, -0.15) is 0 Å². The molecule has 1 rings (SSSR count). The molecule has 0 aliphatic rings. The standard InChI is InChI=1S/C13H16N2O4S/c1-20-9-4-2-8(3-5-9)12(17)15-10(13(18)19)6-7-11(14)16/h2-5,10H,6-7H2,1H3,(H2,14,16)(H,15,17)(H,18,19)/t10-/m1/s1. The van der Waals surface area contributed by atoms with E-state index >= 15 is 0 Å². The summed E-state index contributed by atoms with van der Waals surface area (Å²) >= 11 is 1.54. The van der Waals surface area contributed by atoms with Gasteiger partial charge in [0.25, 0.3) is 5.91 Å². The van der Waals surface area contributed by atoms with E-state index in [4.69, 9.17) is 10.8 Å². The lowest BCUT2D eigenvalue weighted by atomic mass is 10.1. The Morgan fingerprint density at radius 2 is 1.90 bits per heavy atom. The fraction of sp³-hybridized carbons (Fsp3) is 0.308. The first-order chi connectivity index (χ1) is 9.43. The predicted molar refractivity (Wildman–Crippen MR) is 75.5 cm³/mol. The van der Waals surface area contributed by atoms with Crippen molar-refractivity contribution in [3.8, 4) is 0 Å². The minimum atomic E-state index is -1.19. The van der Waals surface area contributed by atoms with Gasteiger partial charge < -0.3 is 16.2 Å². The average Bonchev–Trinajstić information content (AvgIpc) is 2.42. The van der Waals surface area contributed by atoms with Crippen LogP contribution < -0.4 is 11.1 Å². The van der Waals surface area contributed by atoms with Crippen LogP contribution in [0.2, 0.25) is 0 Å². The van der Waals surface area contributed by atoms with Gasteiger partial charge in [0, 0.05) is 16.9 Å². The highest BCUT2D eigenvalue weighted by molar-refractivity contribution is 7.98. The van der Waals surface area contributed by atoms with Crippen LogP contribution in [0.4, 0.5) is 0 Å². The van der Waals surface area contributed by atoms with Gasteiger partial charge in [-0.3, -0.25) is 9.59 Å². The number of hydrogen-bond donors (Lipinski definition) is 3. The Hall–Kier alpha value is -2.02. The number of amides is 2. The summed E-state index contributed by atoms with van der Waals surface area (Å²) in [4.78, 5) is 34.6. The molecule has 2 amide bonds. The van der Waals surface area contributed by atoms with E-state index in [0.717, 1.165) is 4.90 Å². The molecule has 7 heteroatoms. The summed E-state index contributed by atoms with van der Waals surface area (Å²) < 4.78 is 0. The van der Waals surface area contributed by atoms with E-state index in [1.165, 1.54) is 0 Å². The lowest BCUT2D eigenvalue weighted by Gasteiger charge is -2.13. The number of carbonyl (C=O) groups is 3. The van der Waals surface area contributed by atoms with Crippen LogP contribution in [-0.2, 0) is 9.59 Å². The van der Waals surface area contributed by atoms with Crippen LogP contribution in [0.25, 0.3) is 0 Å². The second-order valence-electron chi connectivity index (χ2n) is 4.10. The van der Waals surface area contributed by atoms with Crippen LogP contribution in [0.15, 0.2) is 29.2 Å². The number of thioether (sulfide) groups is 1. The van der Waals surface area contributed by atoms with Crippen molar-refractivity contribution < 1.29 is 19.5 Å². The topological polar surface area (TPSA) is 109 Å². The minimum absolute atomic E-state index is 0.0285. The van der Waals surface area contributed by atoms with Crippen molar-refractivity contribution in [2.75, 3.05) is 6.26 Å². The van der Waals surface area contributed by atoms with E-state index in [2.05, 4.69) is 5.32 Å². The average molecular weight is 296 g/mol. The Bertz CT molecular complexity index is 502. The summed E-state index contributed by atoms with van der Waals surface area (Å²) in [7, 11) is 0. The number of aliphatic carboxylic acids is 1. The van der Waals surface area contributed by atoms with Crippen molar-refractivity contribution in [3.63, 3.8) is 0 Å². The summed E-state index contributed by atoms with van der Waals surface area (Å²) in [6.45, 7) is 0. The van der Waals surface area contributed by atoms with Crippen LogP contribution in [-0.4, -0.2) is 35.2 Å². The van der Waals surface area contributed by atoms with E-state index in [-0.39, 0.29) is 12.8 Å². The Morgan fingerprint density at radius 1 is 1.30 bits per heavy atom. The van der Waals surface area contributed by atoms with Gasteiger partial charge in [-0.15, -0.1) is 11.8 Å². The maximum atomic E-state index is 11.9. The number of primary amides is 1. The molecular formula is C13H16N2O4S. The molecule has 1 atom stereocenters. The molecule has 0 aliphatic carbocycles. The van der Waals surface area contributed by atoms with Crippen LogP contribution in [0, 0.1) is 0 Å². The number of nitrogens with two attached hydrogens (primary N) is 1. The number of rotatable bonds is 7. The second kappa shape index (κ2) is 7.54. The van der Waals surface area contributed by atoms with Gasteiger partial charge in [0.2, 0.25) is 5.91 Å². The zero-order valence-electron chi connectivity index (χ0n) is 11.0. The van der Waals surface area contributed by atoms with E-state index in [1.807, 2.05) is 6.26 Å². The van der Waals surface area contributed by atoms with E-state index < -0.39 is 23.8 Å². The Morgan fingerprint density at radius 3 is 2.35 bits per heavy atom. The molecule has 6 nitrogen and oxygen atoms in total. The minimum Gasteiger partial charge on any atom is -0.480 e. The molecule has 0 aromatic heterocycles. The number of nitrogens with one attached hydrogen (secondary N) is 1. The van der Waals surface area contributed by atoms with Crippen LogP contribution in [0.1, 0.15) is 23.2 Å². The van der Waals surface area contributed by atoms with E-state index in [1.54, 1.807) is 36.0 Å². The van der Waals surface area contributed by atoms with Gasteiger partial charge in [-0.25, -0.2) is 4.79 Å². The summed E-state index contributed by atoms with van der Waals surface area (Å²) in [6.07, 6.45) is 1.79. The molecule has 0 saturated heterocycles. The molecule has 0 spiro atoms. The van der Waals surface area contributed by atoms with Crippen LogP contribution in [0.3, 0.4) is 0 Å². The number of carboxylic acid groups (broad SMARTS) is 1. The quantitative estimate of drug-likeness (QED) is 0.646. The lowest BCUT2D eigenvalue weighted by Crippen LogP contribution is -2.41. The fourth-order valence-corrected chi connectivity index (χ4v) is 1.94. The molecule has 0 unspecified atom stereocenters. The highest BCUT2D eigenvalue weighted by Gasteiger charge is 2.21. The van der Waals surface area contributed by atoms with E-state index in [9.17, 15) is 14.4 Å². The molecule has 0 bridgehead atoms. The van der Waals surface area contributed by atoms with Crippen molar-refractivity contribution in [3.05, 3.63) is 29.8 Å². The smallest absolute Gasteiger partial charge is 0.326 e. The second-order valence-corrected chi connectivity index (χ2v) is 4.98. The largest absolute Gasteiger partial charge is 0.480 e. The highest BCUT2D eigenvalue weighted by Crippen LogP contribution is 2.15. The first-order valence-corrected chi connectivity index (χ1v) is 7.12. The van der Waals surface area contributed by atoms with Crippen molar-refractivity contribution in [1.29, 1.82) is 0 Å². The summed E-state index contributed by atoms with van der Waals surface area (Å²) in [5.74, 6) is -2.29. The first kappa shape index (κ1) is 16.0. The Kier molecular flexibility index (Phi) is 6.05. The third-order valence-electron chi connectivity index (χ3n) is 2.64. The molecule has 0 heterocycles. The maximum Gasteiger partial charge on any atom is 0.326 e. The van der Waals surface area contributed by atoms with Crippen molar-refractivity contribution in [2.24, 2.45) is 5.73 Å². The van der Waals surface area contributed by atoms with Gasteiger partial charge in [-0.05, 0) is 36.9 Å². The van der Waals surface area contributed by atoms with Gasteiger partial charge >= 0.3 is 5.97 Å². The zero-order valence-corrected chi connectivity index (χ0v) is 11.8. The summed E-state index contributed by atoms with van der Waals surface area (Å²) in [5, 5.41) is 11.4. The van der Waals surface area contributed by atoms with Crippen molar-refractivity contribution >= 4 is 29.5 Å². The molecular weight excluding hydrogens is 280 g/mol. The molecule has 20 heavy (non-hydrogen) atoms. The maximum absolute atomic E-state index is 11.9. The fourth-order valence-electron chi connectivity index (χ4n) is 1.53. The monoisotopic (exact) mass is 296 g/mol. The third kappa shape index (κ3) is 4.93. The summed E-state index contributed by atoms with van der Waals surface area (Å²) in [5.41, 5.74) is 5.34. The van der Waals surface area contributed by atoms with Gasteiger partial charge in [0.05, 0.1) is 0 Å². The molecule has 1 aromatic rings. The number of hydrogen-bond acceptors (Lipinski definition) is 4. The van der Waals surface area contributed by atoms with Crippen molar-refractivity contribution in [1.82, 2.24) is 5.32 Å². The molecule has 0 saturated carbocycles. The predicted octanol–water partition coefficient (Wildman–Crippen LogP) is 0.857. The number of carbonyl (C=O) groups excluding carboxylic acids is 2. The SMILES string of the molecule is CSc1ccc(C(=O)N[C@H](CCC(N)=O)C(=O)O)cc1. The van der Waals surface area contributed by atoms with Crippen molar-refractivity contribution in [2.45, 2.75) is 23.8 Å². The first-order valence-electron chi connectivity index (χ1n) is 5.90. The van der Waals surface area contributed by atoms with E-state index in [0.29, 0.717) is 5.56 Å². The Labute approximate surface area is 120 Å². The van der Waals surface area contributed by atoms with Gasteiger partial charge in [0.1, 0.15) is 6.04 Å². The highest BCUT2D eigenvalue weighted by atomic mass is 32.2. The normalized spacial score (nSPS) is 11.7. The lowest BCUT2D eigenvalue weighted by molar-refractivity contribution is -0.139. The van der Waals surface area contributed by atoms with Gasteiger partial charge in [-0.1, -0.05) is 0 Å². The molecule has 108 valence electrons. The molecule has 4 N–H and O–H groups in total. The summed E-state index contributed by atoms with van der Waals surface area (Å²) in [6, 6.07) is 5.66.